The molecular weight excluding hydrogens is 476 g/mol. The van der Waals surface area contributed by atoms with Gasteiger partial charge in [0.25, 0.3) is 5.91 Å². The van der Waals surface area contributed by atoms with Crippen LogP contribution in [0.1, 0.15) is 48.0 Å². The van der Waals surface area contributed by atoms with Crippen molar-refractivity contribution < 1.29 is 18.7 Å². The number of aliphatic imine (C=N–C) groups is 1. The van der Waals surface area contributed by atoms with Crippen LogP contribution in [0.25, 0.3) is 6.08 Å². The first kappa shape index (κ1) is 23.5. The lowest BCUT2D eigenvalue weighted by Crippen LogP contribution is -2.35. The number of ether oxygens (including phenoxy) is 1. The largest absolute Gasteiger partial charge is 0.462 e. The average Bonchev–Trinajstić information content (AvgIpc) is 3.52. The lowest BCUT2D eigenvalue weighted by molar-refractivity contribution is -0.114. The number of hydrazone groups is 1. The number of amidine groups is 2. The molecule has 9 heteroatoms. The van der Waals surface area contributed by atoms with E-state index in [9.17, 15) is 9.59 Å². The molecule has 0 bridgehead atoms. The van der Waals surface area contributed by atoms with Crippen molar-refractivity contribution in [2.24, 2.45) is 10.1 Å². The summed E-state index contributed by atoms with van der Waals surface area (Å²) in [6.07, 6.45) is 3.06. The third kappa shape index (κ3) is 4.65. The summed E-state index contributed by atoms with van der Waals surface area (Å²) < 4.78 is 10.9. The zero-order valence-corrected chi connectivity index (χ0v) is 20.6. The standard InChI is InChI=1S/C27H22N4O4S/c1-27(2,3)18-11-9-17(10-12-18)25(33)35-19-7-4-6-16(14-19)15-20-22(28)31-26(29-23(20)32)36-24(30-31)21-8-5-13-34-21/h4-15,28H,1-3H3. The minimum Gasteiger partial charge on any atom is -0.462 e. The molecule has 3 aromatic rings. The van der Waals surface area contributed by atoms with E-state index in [0.717, 1.165) is 17.3 Å². The van der Waals surface area contributed by atoms with Crippen LogP contribution >= 0.6 is 11.8 Å². The van der Waals surface area contributed by atoms with Crippen molar-refractivity contribution in [1.29, 1.82) is 5.41 Å². The molecule has 0 saturated heterocycles. The lowest BCUT2D eigenvalue weighted by Gasteiger charge is -2.20. The molecule has 0 spiro atoms. The van der Waals surface area contributed by atoms with E-state index in [-0.39, 0.29) is 16.8 Å². The second-order valence-corrected chi connectivity index (χ2v) is 10.1. The first-order valence-electron chi connectivity index (χ1n) is 11.2. The van der Waals surface area contributed by atoms with Gasteiger partial charge in [-0.2, -0.15) is 15.1 Å². The van der Waals surface area contributed by atoms with Gasteiger partial charge in [0.15, 0.2) is 16.6 Å². The van der Waals surface area contributed by atoms with Gasteiger partial charge >= 0.3 is 5.97 Å². The highest BCUT2D eigenvalue weighted by Gasteiger charge is 2.36. The number of hydrogen-bond acceptors (Lipinski definition) is 7. The maximum absolute atomic E-state index is 12.7. The van der Waals surface area contributed by atoms with Crippen molar-refractivity contribution in [3.05, 3.63) is 95.0 Å². The van der Waals surface area contributed by atoms with E-state index in [1.807, 2.05) is 12.1 Å². The molecule has 0 atom stereocenters. The molecule has 3 heterocycles. The normalized spacial score (nSPS) is 16.6. The fourth-order valence-electron chi connectivity index (χ4n) is 3.60. The predicted molar refractivity (Wildman–Crippen MR) is 139 cm³/mol. The monoisotopic (exact) mass is 498 g/mol. The first-order chi connectivity index (χ1) is 17.2. The van der Waals surface area contributed by atoms with Gasteiger partial charge < -0.3 is 9.15 Å². The van der Waals surface area contributed by atoms with E-state index < -0.39 is 11.9 Å². The number of carbonyl (C=O) groups is 2. The highest BCUT2D eigenvalue weighted by Crippen LogP contribution is 2.31. The molecule has 8 nitrogen and oxygen atoms in total. The molecule has 0 aliphatic carbocycles. The zero-order chi connectivity index (χ0) is 25.4. The summed E-state index contributed by atoms with van der Waals surface area (Å²) in [6.45, 7) is 6.32. The first-order valence-corrected chi connectivity index (χ1v) is 12.0. The molecule has 2 aliphatic heterocycles. The Morgan fingerprint density at radius 3 is 2.58 bits per heavy atom. The summed E-state index contributed by atoms with van der Waals surface area (Å²) in [6, 6.07) is 17.6. The van der Waals surface area contributed by atoms with Crippen LogP contribution in [0.5, 0.6) is 5.75 Å². The molecule has 0 saturated carbocycles. The number of esters is 1. The average molecular weight is 499 g/mol. The van der Waals surface area contributed by atoms with E-state index in [1.165, 1.54) is 17.3 Å². The Bertz CT molecular complexity index is 1460. The molecular formula is C27H22N4O4S. The van der Waals surface area contributed by atoms with Gasteiger partial charge in [-0.05, 0) is 70.8 Å². The molecule has 0 fully saturated rings. The zero-order valence-electron chi connectivity index (χ0n) is 19.8. The van der Waals surface area contributed by atoms with Gasteiger partial charge in [-0.15, -0.1) is 0 Å². The van der Waals surface area contributed by atoms with Crippen LogP contribution in [0.4, 0.5) is 0 Å². The number of furan rings is 1. The Hall–Kier alpha value is -4.24. The fourth-order valence-corrected chi connectivity index (χ4v) is 4.46. The van der Waals surface area contributed by atoms with Crippen LogP contribution in [-0.4, -0.2) is 32.9 Å². The Labute approximate surface area is 211 Å². The molecule has 2 aliphatic rings. The molecule has 1 amide bonds. The van der Waals surface area contributed by atoms with Crippen LogP contribution in [0.2, 0.25) is 0 Å². The summed E-state index contributed by atoms with van der Waals surface area (Å²) in [5.74, 6) is -0.269. The number of fused-ring (bicyclic) bond motifs is 1. The fraction of sp³-hybridized carbons (Fsp3) is 0.148. The second-order valence-electron chi connectivity index (χ2n) is 9.19. The number of thioether (sulfide) groups is 1. The smallest absolute Gasteiger partial charge is 0.343 e. The third-order valence-electron chi connectivity index (χ3n) is 5.55. The number of carbonyl (C=O) groups excluding carboxylic acids is 2. The summed E-state index contributed by atoms with van der Waals surface area (Å²) in [4.78, 5) is 29.4. The van der Waals surface area contributed by atoms with Crippen LogP contribution < -0.4 is 4.74 Å². The quantitative estimate of drug-likeness (QED) is 0.291. The molecule has 0 unspecified atom stereocenters. The van der Waals surface area contributed by atoms with Gasteiger partial charge in [0.05, 0.1) is 17.4 Å². The van der Waals surface area contributed by atoms with Gasteiger partial charge in [0.2, 0.25) is 5.17 Å². The number of hydrogen-bond donors (Lipinski definition) is 1. The topological polar surface area (TPSA) is 108 Å². The van der Waals surface area contributed by atoms with Crippen molar-refractivity contribution in [2.75, 3.05) is 0 Å². The summed E-state index contributed by atoms with van der Waals surface area (Å²) >= 11 is 1.16. The minimum atomic E-state index is -0.545. The minimum absolute atomic E-state index is 0.0151. The number of nitrogens with one attached hydrogen (secondary N) is 1. The van der Waals surface area contributed by atoms with Crippen LogP contribution in [-0.2, 0) is 10.2 Å². The van der Waals surface area contributed by atoms with Crippen LogP contribution in [0, 0.1) is 5.41 Å². The van der Waals surface area contributed by atoms with E-state index in [1.54, 1.807) is 48.5 Å². The Balaban J connectivity index is 1.35. The van der Waals surface area contributed by atoms with E-state index in [0.29, 0.717) is 32.8 Å². The molecule has 0 radical (unpaired) electrons. The van der Waals surface area contributed by atoms with Crippen LogP contribution in [0.3, 0.4) is 0 Å². The van der Waals surface area contributed by atoms with Crippen molar-refractivity contribution >= 4 is 45.8 Å². The molecule has 1 aromatic heterocycles. The van der Waals surface area contributed by atoms with Gasteiger partial charge in [-0.3, -0.25) is 10.2 Å². The van der Waals surface area contributed by atoms with Gasteiger partial charge in [0.1, 0.15) is 5.75 Å². The number of benzene rings is 2. The maximum atomic E-state index is 12.7. The van der Waals surface area contributed by atoms with Crippen molar-refractivity contribution in [2.45, 2.75) is 26.2 Å². The molecule has 180 valence electrons. The molecule has 36 heavy (non-hydrogen) atoms. The molecule has 5 rings (SSSR count). The maximum Gasteiger partial charge on any atom is 0.343 e. The summed E-state index contributed by atoms with van der Waals surface area (Å²) in [5.41, 5.74) is 2.20. The number of amides is 1. The SMILES string of the molecule is CC(C)(C)c1ccc(C(=O)Oc2cccc(C=C3C(=N)N4N=C(c5ccco5)SC4=NC3=O)c2)cc1. The number of rotatable bonds is 4. The second kappa shape index (κ2) is 9.09. The van der Waals surface area contributed by atoms with Gasteiger partial charge in [-0.25, -0.2) is 4.79 Å². The Morgan fingerprint density at radius 2 is 1.89 bits per heavy atom. The Morgan fingerprint density at radius 1 is 1.11 bits per heavy atom. The molecule has 1 N–H and O–H groups in total. The van der Waals surface area contributed by atoms with Crippen molar-refractivity contribution in [1.82, 2.24) is 5.01 Å². The van der Waals surface area contributed by atoms with E-state index in [4.69, 9.17) is 14.6 Å². The number of nitrogens with zero attached hydrogens (tertiary/aromatic N) is 3. The third-order valence-corrected chi connectivity index (χ3v) is 6.48. The van der Waals surface area contributed by atoms with Gasteiger partial charge in [-0.1, -0.05) is 45.0 Å². The highest BCUT2D eigenvalue weighted by atomic mass is 32.2. The summed E-state index contributed by atoms with van der Waals surface area (Å²) in [5, 5.41) is 15.0. The summed E-state index contributed by atoms with van der Waals surface area (Å²) in [7, 11) is 0. The predicted octanol–water partition coefficient (Wildman–Crippen LogP) is 5.46. The molecule has 2 aromatic carbocycles. The van der Waals surface area contributed by atoms with Crippen LogP contribution in [0.15, 0.2) is 87.0 Å². The van der Waals surface area contributed by atoms with Crippen molar-refractivity contribution in [3.63, 3.8) is 0 Å². The van der Waals surface area contributed by atoms with Crippen molar-refractivity contribution in [3.8, 4) is 5.75 Å². The highest BCUT2D eigenvalue weighted by molar-refractivity contribution is 8.27. The van der Waals surface area contributed by atoms with Gasteiger partial charge in [0, 0.05) is 0 Å². The van der Waals surface area contributed by atoms with E-state index >= 15 is 0 Å². The lowest BCUT2D eigenvalue weighted by atomic mass is 9.87. The van der Waals surface area contributed by atoms with E-state index in [2.05, 4.69) is 30.9 Å². The Kier molecular flexibility index (Phi) is 5.93.